The molecule has 3 aromatic heterocycles. The molecule has 0 atom stereocenters. The number of hydrogen-bond donors (Lipinski definition) is 2. The van der Waals surface area contributed by atoms with Crippen molar-refractivity contribution >= 4 is 41.4 Å². The van der Waals surface area contributed by atoms with Crippen LogP contribution in [0.25, 0.3) is 23.5 Å². The Morgan fingerprint density at radius 2 is 1.84 bits per heavy atom. The van der Waals surface area contributed by atoms with Crippen LogP contribution < -0.4 is 11.2 Å². The van der Waals surface area contributed by atoms with Gasteiger partial charge in [0.05, 0.1) is 22.6 Å². The van der Waals surface area contributed by atoms with Crippen molar-refractivity contribution < 1.29 is 32.8 Å². The Bertz CT molecular complexity index is 1690. The number of carbonyl (C=O) groups is 2. The van der Waals surface area contributed by atoms with E-state index >= 15 is 0 Å². The average Bonchev–Trinajstić information content (AvgIpc) is 3.55. The maximum absolute atomic E-state index is 12.6. The third kappa shape index (κ3) is 5.63. The topological polar surface area (TPSA) is 188 Å². The van der Waals surface area contributed by atoms with Crippen molar-refractivity contribution in [1.82, 2.24) is 9.97 Å². The normalized spacial score (nSPS) is 11.0. The van der Waals surface area contributed by atoms with Crippen LogP contribution in [0.15, 0.2) is 60.9 Å². The maximum atomic E-state index is 12.6. The molecule has 194 valence electrons. The molecule has 0 radical (unpaired) electrons. The summed E-state index contributed by atoms with van der Waals surface area (Å²) >= 11 is 6.17. The molecule has 13 nitrogen and oxygen atoms in total. The summed E-state index contributed by atoms with van der Waals surface area (Å²) < 4.78 is 20.7. The smallest absolute Gasteiger partial charge is 0.373 e. The van der Waals surface area contributed by atoms with Crippen LogP contribution in [0, 0.1) is 10.1 Å². The standard InChI is InChI=1S/C24H16ClN3O10/c1-35-23(31)19-9-5-14(38-19)11-36-22(30)15-10-12(2-6-16(15)25)18-8-4-13(37-18)3-7-17-20(28(33)34)21(29)27-24(32)26-17/h2-10H,11H2,1H3,(H2,26,27,29,32). The summed E-state index contributed by atoms with van der Waals surface area (Å²) in [6.07, 6.45) is 2.47. The van der Waals surface area contributed by atoms with Crippen LogP contribution in [-0.2, 0) is 16.1 Å². The zero-order chi connectivity index (χ0) is 27.4. The SMILES string of the molecule is COC(=O)c1ccc(COC(=O)c2cc(-c3ccc(C=Cc4[nH]c(=O)[nH]c(=O)c4[N+](=O)[O-])o3)ccc2Cl)o1. The molecular weight excluding hydrogens is 526 g/mol. The van der Waals surface area contributed by atoms with Crippen molar-refractivity contribution in [3.63, 3.8) is 0 Å². The van der Waals surface area contributed by atoms with Crippen LogP contribution >= 0.6 is 11.6 Å². The van der Waals surface area contributed by atoms with Crippen LogP contribution in [0.4, 0.5) is 5.69 Å². The van der Waals surface area contributed by atoms with Crippen molar-refractivity contribution in [2.75, 3.05) is 7.11 Å². The van der Waals surface area contributed by atoms with E-state index < -0.39 is 33.8 Å². The van der Waals surface area contributed by atoms with Gasteiger partial charge in [0.25, 0.3) is 0 Å². The van der Waals surface area contributed by atoms with Crippen molar-refractivity contribution in [1.29, 1.82) is 0 Å². The Morgan fingerprint density at radius 1 is 1.05 bits per heavy atom. The molecule has 3 heterocycles. The summed E-state index contributed by atoms with van der Waals surface area (Å²) in [7, 11) is 1.21. The second-order valence-electron chi connectivity index (χ2n) is 7.49. The molecule has 0 saturated heterocycles. The van der Waals surface area contributed by atoms with E-state index in [-0.39, 0.29) is 40.2 Å². The van der Waals surface area contributed by atoms with Gasteiger partial charge in [-0.15, -0.1) is 0 Å². The molecule has 0 unspecified atom stereocenters. The third-order valence-corrected chi connectivity index (χ3v) is 5.36. The summed E-state index contributed by atoms with van der Waals surface area (Å²) in [4.78, 5) is 61.6. The molecule has 4 aromatic rings. The minimum atomic E-state index is -1.14. The predicted octanol–water partition coefficient (Wildman–Crippen LogP) is 3.79. The highest BCUT2D eigenvalue weighted by Crippen LogP contribution is 2.28. The number of nitrogens with zero attached hydrogens (tertiary/aromatic N) is 1. The van der Waals surface area contributed by atoms with E-state index in [2.05, 4.69) is 9.72 Å². The number of hydrogen-bond acceptors (Lipinski definition) is 10. The van der Waals surface area contributed by atoms with Gasteiger partial charge in [-0.2, -0.15) is 0 Å². The minimum absolute atomic E-state index is 0.0362. The lowest BCUT2D eigenvalue weighted by molar-refractivity contribution is -0.386. The Hall–Kier alpha value is -5.17. The lowest BCUT2D eigenvalue weighted by Crippen LogP contribution is -2.25. The van der Waals surface area contributed by atoms with E-state index in [9.17, 15) is 29.3 Å². The zero-order valence-corrected chi connectivity index (χ0v) is 20.1. The number of esters is 2. The van der Waals surface area contributed by atoms with Gasteiger partial charge in [-0.05, 0) is 54.6 Å². The molecule has 0 fully saturated rings. The second-order valence-corrected chi connectivity index (χ2v) is 7.90. The number of aromatic amines is 2. The van der Waals surface area contributed by atoms with Gasteiger partial charge < -0.3 is 23.3 Å². The van der Waals surface area contributed by atoms with Gasteiger partial charge in [0.2, 0.25) is 5.76 Å². The van der Waals surface area contributed by atoms with Gasteiger partial charge in [-0.1, -0.05) is 11.6 Å². The fourth-order valence-corrected chi connectivity index (χ4v) is 3.47. The molecule has 38 heavy (non-hydrogen) atoms. The molecule has 0 aliphatic rings. The van der Waals surface area contributed by atoms with Gasteiger partial charge in [0.1, 0.15) is 29.6 Å². The summed E-state index contributed by atoms with van der Waals surface area (Å²) in [5.74, 6) is -0.705. The average molecular weight is 542 g/mol. The fraction of sp³-hybridized carbons (Fsp3) is 0.0833. The summed E-state index contributed by atoms with van der Waals surface area (Å²) in [5, 5.41) is 11.3. The first kappa shape index (κ1) is 25.9. The molecule has 2 N–H and O–H groups in total. The molecule has 0 spiro atoms. The van der Waals surface area contributed by atoms with Crippen LogP contribution in [0.3, 0.4) is 0 Å². The molecular formula is C24H16ClN3O10. The minimum Gasteiger partial charge on any atom is -0.463 e. The highest BCUT2D eigenvalue weighted by Gasteiger charge is 2.20. The monoisotopic (exact) mass is 541 g/mol. The van der Waals surface area contributed by atoms with E-state index in [1.54, 1.807) is 17.1 Å². The van der Waals surface area contributed by atoms with E-state index in [0.29, 0.717) is 11.3 Å². The summed E-state index contributed by atoms with van der Waals surface area (Å²) in [6, 6.07) is 10.5. The van der Waals surface area contributed by atoms with Crippen LogP contribution in [0.5, 0.6) is 0 Å². The largest absolute Gasteiger partial charge is 0.463 e. The summed E-state index contributed by atoms with van der Waals surface area (Å²) in [5.41, 5.74) is -2.69. The van der Waals surface area contributed by atoms with Gasteiger partial charge in [-0.3, -0.25) is 19.9 Å². The van der Waals surface area contributed by atoms with Gasteiger partial charge >= 0.3 is 28.9 Å². The number of nitro groups is 1. The Kier molecular flexibility index (Phi) is 7.39. The number of benzene rings is 1. The first-order valence-corrected chi connectivity index (χ1v) is 11.0. The molecule has 0 saturated carbocycles. The lowest BCUT2D eigenvalue weighted by atomic mass is 10.1. The van der Waals surface area contributed by atoms with E-state index in [1.807, 2.05) is 0 Å². The number of ether oxygens (including phenoxy) is 2. The molecule has 4 rings (SSSR count). The van der Waals surface area contributed by atoms with Crippen molar-refractivity contribution in [2.24, 2.45) is 0 Å². The van der Waals surface area contributed by atoms with Crippen LogP contribution in [-0.4, -0.2) is 33.9 Å². The highest BCUT2D eigenvalue weighted by molar-refractivity contribution is 6.33. The molecule has 0 amide bonds. The number of methoxy groups -OCH3 is 1. The number of H-pyrrole nitrogens is 2. The second kappa shape index (κ2) is 10.8. The first-order chi connectivity index (χ1) is 18.2. The summed E-state index contributed by atoms with van der Waals surface area (Å²) in [6.45, 7) is -0.261. The quantitative estimate of drug-likeness (QED) is 0.188. The fourth-order valence-electron chi connectivity index (χ4n) is 3.28. The molecule has 0 bridgehead atoms. The first-order valence-electron chi connectivity index (χ1n) is 10.6. The Balaban J connectivity index is 1.51. The number of furan rings is 2. The van der Waals surface area contributed by atoms with E-state index in [1.165, 1.54) is 43.5 Å². The van der Waals surface area contributed by atoms with Crippen molar-refractivity contribution in [3.05, 3.63) is 107 Å². The number of carbonyl (C=O) groups excluding carboxylic acids is 2. The number of nitrogens with one attached hydrogen (secondary N) is 2. The molecule has 0 aliphatic heterocycles. The van der Waals surface area contributed by atoms with E-state index in [0.717, 1.165) is 6.08 Å². The third-order valence-electron chi connectivity index (χ3n) is 5.03. The van der Waals surface area contributed by atoms with Crippen LogP contribution in [0.2, 0.25) is 5.02 Å². The van der Waals surface area contributed by atoms with Crippen LogP contribution in [0.1, 0.15) is 38.1 Å². The maximum Gasteiger partial charge on any atom is 0.373 e. The lowest BCUT2D eigenvalue weighted by Gasteiger charge is -2.07. The molecule has 14 heteroatoms. The van der Waals surface area contributed by atoms with E-state index in [4.69, 9.17) is 25.2 Å². The predicted molar refractivity (Wildman–Crippen MR) is 132 cm³/mol. The Labute approximate surface area is 216 Å². The zero-order valence-electron chi connectivity index (χ0n) is 19.3. The molecule has 1 aromatic carbocycles. The Morgan fingerprint density at radius 3 is 2.58 bits per heavy atom. The number of halogens is 1. The number of rotatable bonds is 8. The number of aromatic nitrogens is 2. The van der Waals surface area contributed by atoms with Gasteiger partial charge in [-0.25, -0.2) is 14.4 Å². The van der Waals surface area contributed by atoms with Gasteiger partial charge in [0.15, 0.2) is 0 Å². The molecule has 0 aliphatic carbocycles. The highest BCUT2D eigenvalue weighted by atomic mass is 35.5. The van der Waals surface area contributed by atoms with Crippen molar-refractivity contribution in [3.8, 4) is 11.3 Å². The van der Waals surface area contributed by atoms with Gasteiger partial charge in [0, 0.05) is 5.56 Å². The van der Waals surface area contributed by atoms with Crippen molar-refractivity contribution in [2.45, 2.75) is 6.61 Å².